The lowest BCUT2D eigenvalue weighted by molar-refractivity contribution is 0.104. The van der Waals surface area contributed by atoms with Crippen LogP contribution in [0.15, 0.2) is 46.9 Å². The lowest BCUT2D eigenvalue weighted by Crippen LogP contribution is -1.93. The van der Waals surface area contributed by atoms with E-state index in [2.05, 4.69) is 15.9 Å². The van der Waals surface area contributed by atoms with Gasteiger partial charge in [-0.1, -0.05) is 6.08 Å². The highest BCUT2D eigenvalue weighted by atomic mass is 79.9. The first-order valence-electron chi connectivity index (χ1n) is 6.09. The van der Waals surface area contributed by atoms with E-state index in [4.69, 9.17) is 4.74 Å². The van der Waals surface area contributed by atoms with Crippen LogP contribution in [0.1, 0.15) is 15.9 Å². The van der Waals surface area contributed by atoms with Crippen LogP contribution in [-0.4, -0.2) is 23.1 Å². The summed E-state index contributed by atoms with van der Waals surface area (Å²) >= 11 is 3.22. The number of hydrogen-bond donors (Lipinski definition) is 2. The van der Waals surface area contributed by atoms with Gasteiger partial charge in [0.25, 0.3) is 0 Å². The number of hydrogen-bond acceptors (Lipinski definition) is 4. The third-order valence-corrected chi connectivity index (χ3v) is 3.45. The Kier molecular flexibility index (Phi) is 4.65. The Bertz CT molecular complexity index is 690. The third-order valence-electron chi connectivity index (χ3n) is 2.85. The minimum Gasteiger partial charge on any atom is -0.508 e. The van der Waals surface area contributed by atoms with E-state index in [-0.39, 0.29) is 17.3 Å². The van der Waals surface area contributed by atoms with Crippen molar-refractivity contribution in [1.29, 1.82) is 0 Å². The zero-order valence-corrected chi connectivity index (χ0v) is 12.8. The number of carbonyl (C=O) groups excluding carboxylic acids is 1. The molecular formula is C16H13BrO4. The van der Waals surface area contributed by atoms with Crippen molar-refractivity contribution < 1.29 is 19.7 Å². The maximum absolute atomic E-state index is 12.0. The monoisotopic (exact) mass is 348 g/mol. The Balaban J connectivity index is 2.23. The summed E-state index contributed by atoms with van der Waals surface area (Å²) in [6, 6.07) is 9.33. The molecule has 0 aliphatic rings. The maximum atomic E-state index is 12.0. The molecule has 0 spiro atoms. The van der Waals surface area contributed by atoms with Crippen LogP contribution in [0.5, 0.6) is 17.2 Å². The number of phenols is 2. The van der Waals surface area contributed by atoms with Crippen LogP contribution in [0.4, 0.5) is 0 Å². The summed E-state index contributed by atoms with van der Waals surface area (Å²) in [6.45, 7) is 0. The molecule has 108 valence electrons. The molecule has 0 unspecified atom stereocenters. The summed E-state index contributed by atoms with van der Waals surface area (Å²) in [5, 5.41) is 18.9. The quantitative estimate of drug-likeness (QED) is 0.652. The fraction of sp³-hybridized carbons (Fsp3) is 0.0625. The molecule has 2 aromatic rings. The summed E-state index contributed by atoms with van der Waals surface area (Å²) in [6.07, 6.45) is 3.05. The van der Waals surface area contributed by atoms with Crippen LogP contribution >= 0.6 is 15.9 Å². The predicted octanol–water partition coefficient (Wildman–Crippen LogP) is 3.77. The van der Waals surface area contributed by atoms with Crippen molar-refractivity contribution in [3.05, 3.63) is 58.1 Å². The molecule has 0 aromatic heterocycles. The maximum Gasteiger partial charge on any atom is 0.185 e. The summed E-state index contributed by atoms with van der Waals surface area (Å²) in [5.74, 6) is 0.265. The van der Waals surface area contributed by atoms with E-state index >= 15 is 0 Å². The van der Waals surface area contributed by atoms with Crippen molar-refractivity contribution in [2.24, 2.45) is 0 Å². The van der Waals surface area contributed by atoms with Gasteiger partial charge in [-0.15, -0.1) is 0 Å². The fourth-order valence-electron chi connectivity index (χ4n) is 1.74. The lowest BCUT2D eigenvalue weighted by atomic mass is 10.1. The SMILES string of the molecule is COc1cc(/C=C/C(=O)c2ccc(O)cc2)cc(Br)c1O. The van der Waals surface area contributed by atoms with E-state index in [0.717, 1.165) is 0 Å². The number of ketones is 1. The van der Waals surface area contributed by atoms with Gasteiger partial charge in [0.2, 0.25) is 0 Å². The number of methoxy groups -OCH3 is 1. The summed E-state index contributed by atoms with van der Waals surface area (Å²) in [5.41, 5.74) is 1.19. The van der Waals surface area contributed by atoms with Gasteiger partial charge in [0, 0.05) is 5.56 Å². The van der Waals surface area contributed by atoms with Gasteiger partial charge in [0.15, 0.2) is 17.3 Å². The van der Waals surface area contributed by atoms with Crippen molar-refractivity contribution in [2.45, 2.75) is 0 Å². The van der Waals surface area contributed by atoms with E-state index in [9.17, 15) is 15.0 Å². The van der Waals surface area contributed by atoms with Crippen molar-refractivity contribution in [1.82, 2.24) is 0 Å². The Morgan fingerprint density at radius 2 is 1.86 bits per heavy atom. The summed E-state index contributed by atoms with van der Waals surface area (Å²) in [4.78, 5) is 12.0. The second-order valence-electron chi connectivity index (χ2n) is 4.30. The van der Waals surface area contributed by atoms with Crippen LogP contribution in [0.25, 0.3) is 6.08 Å². The zero-order chi connectivity index (χ0) is 15.4. The van der Waals surface area contributed by atoms with Gasteiger partial charge in [0.05, 0.1) is 11.6 Å². The van der Waals surface area contributed by atoms with Crippen molar-refractivity contribution in [3.63, 3.8) is 0 Å². The molecule has 0 aliphatic carbocycles. The normalized spacial score (nSPS) is 10.8. The molecule has 0 bridgehead atoms. The predicted molar refractivity (Wildman–Crippen MR) is 83.8 cm³/mol. The van der Waals surface area contributed by atoms with E-state index in [0.29, 0.717) is 21.3 Å². The number of phenolic OH excluding ortho intramolecular Hbond substituents is 2. The molecule has 5 heteroatoms. The Labute approximate surface area is 130 Å². The molecule has 2 rings (SSSR count). The average Bonchev–Trinajstić information content (AvgIpc) is 2.48. The van der Waals surface area contributed by atoms with Crippen LogP contribution in [-0.2, 0) is 0 Å². The van der Waals surface area contributed by atoms with Crippen molar-refractivity contribution >= 4 is 27.8 Å². The highest BCUT2D eigenvalue weighted by Gasteiger charge is 2.07. The number of rotatable bonds is 4. The molecular weight excluding hydrogens is 336 g/mol. The molecule has 2 N–H and O–H groups in total. The first-order chi connectivity index (χ1) is 10.0. The Hall–Kier alpha value is -2.27. The second-order valence-corrected chi connectivity index (χ2v) is 5.15. The Morgan fingerprint density at radius 1 is 1.19 bits per heavy atom. The van der Waals surface area contributed by atoms with E-state index in [1.807, 2.05) is 0 Å². The average molecular weight is 349 g/mol. The van der Waals surface area contributed by atoms with Gasteiger partial charge in [0.1, 0.15) is 5.75 Å². The van der Waals surface area contributed by atoms with E-state index < -0.39 is 0 Å². The molecule has 0 atom stereocenters. The van der Waals surface area contributed by atoms with Crippen LogP contribution < -0.4 is 4.74 Å². The number of aromatic hydroxyl groups is 2. The molecule has 0 radical (unpaired) electrons. The van der Waals surface area contributed by atoms with Crippen LogP contribution in [0, 0.1) is 0 Å². The number of ether oxygens (including phenoxy) is 1. The number of carbonyl (C=O) groups is 1. The molecule has 2 aromatic carbocycles. The molecule has 0 saturated heterocycles. The van der Waals surface area contributed by atoms with Gasteiger partial charge in [-0.05, 0) is 64.0 Å². The summed E-state index contributed by atoms with van der Waals surface area (Å²) < 4.78 is 5.53. The van der Waals surface area contributed by atoms with E-state index in [1.165, 1.54) is 25.3 Å². The minimum absolute atomic E-state index is 0.0134. The third kappa shape index (κ3) is 3.64. The van der Waals surface area contributed by atoms with Gasteiger partial charge in [-0.25, -0.2) is 0 Å². The number of benzene rings is 2. The minimum atomic E-state index is -0.182. The standard InChI is InChI=1S/C16H13BrO4/c1-21-15-9-10(8-13(17)16(15)20)2-7-14(19)11-3-5-12(18)6-4-11/h2-9,18,20H,1H3/b7-2+. The largest absolute Gasteiger partial charge is 0.508 e. The molecule has 0 saturated carbocycles. The molecule has 4 nitrogen and oxygen atoms in total. The number of allylic oxidation sites excluding steroid dienone is 1. The Morgan fingerprint density at radius 3 is 2.48 bits per heavy atom. The first-order valence-corrected chi connectivity index (χ1v) is 6.88. The molecule has 0 heterocycles. The fourth-order valence-corrected chi connectivity index (χ4v) is 2.20. The molecule has 0 fully saturated rings. The molecule has 21 heavy (non-hydrogen) atoms. The second kappa shape index (κ2) is 6.45. The molecule has 0 aliphatic heterocycles. The van der Waals surface area contributed by atoms with Crippen molar-refractivity contribution in [3.8, 4) is 17.2 Å². The van der Waals surface area contributed by atoms with Gasteiger partial charge in [-0.2, -0.15) is 0 Å². The highest BCUT2D eigenvalue weighted by Crippen LogP contribution is 2.35. The van der Waals surface area contributed by atoms with Gasteiger partial charge < -0.3 is 14.9 Å². The van der Waals surface area contributed by atoms with E-state index in [1.54, 1.807) is 30.3 Å². The topological polar surface area (TPSA) is 66.8 Å². The smallest absolute Gasteiger partial charge is 0.185 e. The van der Waals surface area contributed by atoms with Gasteiger partial charge >= 0.3 is 0 Å². The highest BCUT2D eigenvalue weighted by molar-refractivity contribution is 9.10. The van der Waals surface area contributed by atoms with Crippen LogP contribution in [0.3, 0.4) is 0 Å². The number of halogens is 1. The zero-order valence-electron chi connectivity index (χ0n) is 11.2. The first kappa shape index (κ1) is 15.1. The molecule has 0 amide bonds. The van der Waals surface area contributed by atoms with Gasteiger partial charge in [-0.3, -0.25) is 4.79 Å². The lowest BCUT2D eigenvalue weighted by Gasteiger charge is -2.06. The van der Waals surface area contributed by atoms with Crippen molar-refractivity contribution in [2.75, 3.05) is 7.11 Å². The summed E-state index contributed by atoms with van der Waals surface area (Å²) in [7, 11) is 1.45. The van der Waals surface area contributed by atoms with Crippen LogP contribution in [0.2, 0.25) is 0 Å².